The summed E-state index contributed by atoms with van der Waals surface area (Å²) >= 11 is 0. The zero-order valence-corrected chi connectivity index (χ0v) is 6.10. The quantitative estimate of drug-likeness (QED) is 0.499. The van der Waals surface area contributed by atoms with Gasteiger partial charge in [-0.15, -0.1) is 0 Å². The fourth-order valence-electron chi connectivity index (χ4n) is 0. The van der Waals surface area contributed by atoms with E-state index < -0.39 is 0 Å². The molecule has 0 spiro atoms. The van der Waals surface area contributed by atoms with Crippen LogP contribution in [0.1, 0.15) is 20.8 Å². The molecule has 0 aromatic rings. The molecule has 2 nitrogen and oxygen atoms in total. The van der Waals surface area contributed by atoms with Gasteiger partial charge in [-0.1, -0.05) is 6.58 Å². The summed E-state index contributed by atoms with van der Waals surface area (Å²) < 4.78 is 0. The Morgan fingerprint density at radius 2 is 1.33 bits per heavy atom. The van der Waals surface area contributed by atoms with Crippen LogP contribution in [0.25, 0.3) is 0 Å². The molecule has 0 aromatic carbocycles. The molecule has 0 atom stereocenters. The fraction of sp³-hybridized carbons (Fsp3) is 0.429. The lowest BCUT2D eigenvalue weighted by Crippen LogP contribution is -1.74. The SMILES string of the molecule is C=CC(C)=O.CC(C)=O. The molecule has 0 saturated heterocycles. The van der Waals surface area contributed by atoms with Gasteiger partial charge in [-0.3, -0.25) is 4.79 Å². The van der Waals surface area contributed by atoms with Crippen molar-refractivity contribution in [3.63, 3.8) is 0 Å². The van der Waals surface area contributed by atoms with Gasteiger partial charge in [0.25, 0.3) is 0 Å². The van der Waals surface area contributed by atoms with Gasteiger partial charge in [-0.25, -0.2) is 0 Å². The van der Waals surface area contributed by atoms with E-state index in [4.69, 9.17) is 0 Å². The Balaban J connectivity index is 0. The molecule has 0 aliphatic carbocycles. The van der Waals surface area contributed by atoms with E-state index >= 15 is 0 Å². The summed E-state index contributed by atoms with van der Waals surface area (Å²) in [5, 5.41) is 0. The Morgan fingerprint density at radius 3 is 1.33 bits per heavy atom. The van der Waals surface area contributed by atoms with Crippen LogP contribution in [0.4, 0.5) is 0 Å². The molecule has 9 heavy (non-hydrogen) atoms. The van der Waals surface area contributed by atoms with Gasteiger partial charge in [0.05, 0.1) is 0 Å². The molecule has 0 N–H and O–H groups in total. The maximum Gasteiger partial charge on any atom is 0.152 e. The Bertz CT molecular complexity index is 110. The minimum atomic E-state index is 0.0185. The van der Waals surface area contributed by atoms with Crippen LogP contribution < -0.4 is 0 Å². The third-order valence-corrected chi connectivity index (χ3v) is 0.287. The minimum absolute atomic E-state index is 0.0185. The topological polar surface area (TPSA) is 34.1 Å². The number of hydrogen-bond acceptors (Lipinski definition) is 2. The second kappa shape index (κ2) is 7.08. The minimum Gasteiger partial charge on any atom is -0.300 e. The number of Topliss-reactive ketones (excluding diaryl/α,β-unsaturated/α-hetero) is 1. The lowest BCUT2D eigenvalue weighted by atomic mass is 10.5. The summed E-state index contributed by atoms with van der Waals surface area (Å²) in [6.45, 7) is 7.73. The van der Waals surface area contributed by atoms with Crippen molar-refractivity contribution in [2.45, 2.75) is 20.8 Å². The van der Waals surface area contributed by atoms with Gasteiger partial charge in [0.15, 0.2) is 5.78 Å². The summed E-state index contributed by atoms with van der Waals surface area (Å²) in [6, 6.07) is 0. The van der Waals surface area contributed by atoms with E-state index in [-0.39, 0.29) is 11.6 Å². The first-order chi connectivity index (χ1) is 4.00. The van der Waals surface area contributed by atoms with E-state index in [1.165, 1.54) is 26.8 Å². The molecule has 0 rings (SSSR count). The fourth-order valence-corrected chi connectivity index (χ4v) is 0. The van der Waals surface area contributed by atoms with Gasteiger partial charge >= 0.3 is 0 Å². The van der Waals surface area contributed by atoms with Gasteiger partial charge in [0, 0.05) is 0 Å². The number of rotatable bonds is 1. The summed E-state index contributed by atoms with van der Waals surface area (Å²) in [7, 11) is 0. The van der Waals surface area contributed by atoms with Gasteiger partial charge < -0.3 is 4.79 Å². The molecule has 0 aromatic heterocycles. The highest BCUT2D eigenvalue weighted by atomic mass is 16.1. The van der Waals surface area contributed by atoms with Crippen molar-refractivity contribution in [3.05, 3.63) is 12.7 Å². The number of ketones is 2. The van der Waals surface area contributed by atoms with Crippen LogP contribution in [0.5, 0.6) is 0 Å². The van der Waals surface area contributed by atoms with Crippen LogP contribution >= 0.6 is 0 Å². The molecule has 0 aliphatic rings. The molecular weight excluding hydrogens is 116 g/mol. The van der Waals surface area contributed by atoms with Crippen LogP contribution in [-0.2, 0) is 9.59 Å². The maximum atomic E-state index is 9.69. The third-order valence-electron chi connectivity index (χ3n) is 0.287. The average molecular weight is 128 g/mol. The molecule has 0 amide bonds. The van der Waals surface area contributed by atoms with E-state index in [0.29, 0.717) is 0 Å². The monoisotopic (exact) mass is 128 g/mol. The van der Waals surface area contributed by atoms with Gasteiger partial charge in [-0.2, -0.15) is 0 Å². The predicted molar refractivity (Wildman–Crippen MR) is 37.2 cm³/mol. The van der Waals surface area contributed by atoms with Crippen molar-refractivity contribution >= 4 is 11.6 Å². The highest BCUT2D eigenvalue weighted by Crippen LogP contribution is 1.60. The Hall–Kier alpha value is -0.920. The maximum absolute atomic E-state index is 9.69. The van der Waals surface area contributed by atoms with E-state index in [9.17, 15) is 9.59 Å². The molecule has 2 heteroatoms. The summed E-state index contributed by atoms with van der Waals surface area (Å²) in [4.78, 5) is 19.1. The van der Waals surface area contributed by atoms with Crippen LogP contribution in [0.15, 0.2) is 12.7 Å². The van der Waals surface area contributed by atoms with Crippen molar-refractivity contribution in [2.24, 2.45) is 0 Å². The zero-order valence-electron chi connectivity index (χ0n) is 6.10. The molecule has 0 aliphatic heterocycles. The standard InChI is InChI=1S/C4H6O.C3H6O/c1-3-4(2)5;1-3(2)4/h3H,1H2,2H3;1-2H3. The molecule has 0 fully saturated rings. The van der Waals surface area contributed by atoms with Crippen LogP contribution in [0.3, 0.4) is 0 Å². The highest BCUT2D eigenvalue weighted by molar-refractivity contribution is 5.86. The molecule has 0 saturated carbocycles. The van der Waals surface area contributed by atoms with Crippen LogP contribution in [0.2, 0.25) is 0 Å². The largest absolute Gasteiger partial charge is 0.300 e. The second-order valence-corrected chi connectivity index (χ2v) is 1.72. The van der Waals surface area contributed by atoms with Crippen molar-refractivity contribution < 1.29 is 9.59 Å². The Labute approximate surface area is 55.6 Å². The molecule has 0 unspecified atom stereocenters. The van der Waals surface area contributed by atoms with Crippen molar-refractivity contribution in [1.82, 2.24) is 0 Å². The first-order valence-electron chi connectivity index (χ1n) is 2.61. The lowest BCUT2D eigenvalue weighted by Gasteiger charge is -1.62. The van der Waals surface area contributed by atoms with Crippen LogP contribution in [0, 0.1) is 0 Å². The summed E-state index contributed by atoms with van der Waals surface area (Å²) in [5.74, 6) is 0.185. The summed E-state index contributed by atoms with van der Waals surface area (Å²) in [5.41, 5.74) is 0. The zero-order chi connectivity index (χ0) is 7.86. The van der Waals surface area contributed by atoms with Crippen molar-refractivity contribution in [2.75, 3.05) is 0 Å². The van der Waals surface area contributed by atoms with Crippen molar-refractivity contribution in [1.29, 1.82) is 0 Å². The average Bonchev–Trinajstić information content (AvgIpc) is 1.65. The van der Waals surface area contributed by atoms with Crippen LogP contribution in [-0.4, -0.2) is 11.6 Å². The van der Waals surface area contributed by atoms with E-state index in [1.807, 2.05) is 0 Å². The first kappa shape index (κ1) is 11.0. The number of allylic oxidation sites excluding steroid dienone is 1. The first-order valence-corrected chi connectivity index (χ1v) is 2.61. The van der Waals surface area contributed by atoms with Gasteiger partial charge in [0.2, 0.25) is 0 Å². The molecule has 0 bridgehead atoms. The molecule has 0 heterocycles. The number of carbonyl (C=O) groups excluding carboxylic acids is 2. The lowest BCUT2D eigenvalue weighted by molar-refractivity contribution is -0.115. The van der Waals surface area contributed by atoms with E-state index in [0.717, 1.165) is 0 Å². The summed E-state index contributed by atoms with van der Waals surface area (Å²) in [6.07, 6.45) is 1.28. The Kier molecular flexibility index (Phi) is 8.62. The van der Waals surface area contributed by atoms with Gasteiger partial charge in [0.1, 0.15) is 5.78 Å². The smallest absolute Gasteiger partial charge is 0.152 e. The molecule has 52 valence electrons. The van der Waals surface area contributed by atoms with E-state index in [1.54, 1.807) is 0 Å². The number of hydrogen-bond donors (Lipinski definition) is 0. The Morgan fingerprint density at radius 1 is 1.22 bits per heavy atom. The normalized spacial score (nSPS) is 6.56. The molecular formula is C7H12O2. The molecule has 0 radical (unpaired) electrons. The third kappa shape index (κ3) is 157. The van der Waals surface area contributed by atoms with E-state index in [2.05, 4.69) is 6.58 Å². The van der Waals surface area contributed by atoms with Crippen molar-refractivity contribution in [3.8, 4) is 0 Å². The van der Waals surface area contributed by atoms with Gasteiger partial charge in [-0.05, 0) is 26.8 Å². The number of carbonyl (C=O) groups is 2. The predicted octanol–water partition coefficient (Wildman–Crippen LogP) is 1.36. The highest BCUT2D eigenvalue weighted by Gasteiger charge is 1.69. The second-order valence-electron chi connectivity index (χ2n) is 1.72.